The van der Waals surface area contributed by atoms with E-state index in [1.807, 2.05) is 76.8 Å². The lowest BCUT2D eigenvalue weighted by molar-refractivity contribution is 0.0722. The van der Waals surface area contributed by atoms with Crippen LogP contribution < -0.4 is 5.32 Å². The summed E-state index contributed by atoms with van der Waals surface area (Å²) in [5, 5.41) is 22.0. The van der Waals surface area contributed by atoms with Gasteiger partial charge in [0.2, 0.25) is 0 Å². The molecule has 2 N–H and O–H groups in total. The molecule has 0 bridgehead atoms. The maximum atomic E-state index is 12.8. The molecule has 5 heteroatoms. The number of fused-ring (bicyclic) bond motifs is 1. The van der Waals surface area contributed by atoms with Crippen LogP contribution in [0.25, 0.3) is 10.8 Å². The summed E-state index contributed by atoms with van der Waals surface area (Å²) in [4.78, 5) is 13.6. The summed E-state index contributed by atoms with van der Waals surface area (Å²) in [5.41, 5.74) is 0.180. The summed E-state index contributed by atoms with van der Waals surface area (Å²) in [6.07, 6.45) is 0. The lowest BCUT2D eigenvalue weighted by Gasteiger charge is -2.27. The molecule has 0 unspecified atom stereocenters. The molecule has 1 atom stereocenters. The maximum absolute atomic E-state index is 12.8. The highest BCUT2D eigenvalue weighted by atomic mass is 32.1. The number of hydrogen-bond acceptors (Lipinski definition) is 4. The fourth-order valence-corrected chi connectivity index (χ4v) is 4.64. The highest BCUT2D eigenvalue weighted by Gasteiger charge is 2.33. The Morgan fingerprint density at radius 1 is 1.00 bits per heavy atom. The maximum Gasteiger partial charge on any atom is 0.252 e. The molecule has 3 nitrogen and oxygen atoms in total. The second kappa shape index (κ2) is 7.03. The fourth-order valence-electron chi connectivity index (χ4n) is 3.07. The van der Waals surface area contributed by atoms with E-state index in [0.717, 1.165) is 21.2 Å². The van der Waals surface area contributed by atoms with E-state index in [1.165, 1.54) is 22.7 Å². The van der Waals surface area contributed by atoms with E-state index in [-0.39, 0.29) is 12.5 Å². The summed E-state index contributed by atoms with van der Waals surface area (Å²) < 4.78 is 0. The van der Waals surface area contributed by atoms with Gasteiger partial charge in [-0.1, -0.05) is 42.5 Å². The molecule has 0 spiro atoms. The molecule has 1 amide bonds. The van der Waals surface area contributed by atoms with Crippen LogP contribution in [0.2, 0.25) is 0 Å². The van der Waals surface area contributed by atoms with Crippen molar-refractivity contribution in [2.24, 2.45) is 0 Å². The Morgan fingerprint density at radius 3 is 2.62 bits per heavy atom. The van der Waals surface area contributed by atoms with Crippen molar-refractivity contribution >= 4 is 39.4 Å². The predicted molar refractivity (Wildman–Crippen MR) is 108 cm³/mol. The number of thiophene rings is 2. The average molecular weight is 380 g/mol. The van der Waals surface area contributed by atoms with Crippen molar-refractivity contribution in [3.63, 3.8) is 0 Å². The average Bonchev–Trinajstić information content (AvgIpc) is 3.39. The van der Waals surface area contributed by atoms with E-state index >= 15 is 0 Å². The van der Waals surface area contributed by atoms with Crippen LogP contribution in [0.3, 0.4) is 0 Å². The third-order valence-corrected chi connectivity index (χ3v) is 6.17. The quantitative estimate of drug-likeness (QED) is 0.531. The zero-order valence-corrected chi connectivity index (χ0v) is 15.5. The van der Waals surface area contributed by atoms with Crippen molar-refractivity contribution in [2.45, 2.75) is 5.60 Å². The molecule has 4 aromatic rings. The minimum atomic E-state index is -1.23. The Labute approximate surface area is 159 Å². The van der Waals surface area contributed by atoms with Gasteiger partial charge < -0.3 is 10.4 Å². The highest BCUT2D eigenvalue weighted by molar-refractivity contribution is 7.10. The van der Waals surface area contributed by atoms with E-state index in [4.69, 9.17) is 0 Å². The van der Waals surface area contributed by atoms with E-state index in [1.54, 1.807) is 0 Å². The van der Waals surface area contributed by atoms with E-state index < -0.39 is 5.60 Å². The molecular weight excluding hydrogens is 362 g/mol. The largest absolute Gasteiger partial charge is 0.378 e. The van der Waals surface area contributed by atoms with Crippen LogP contribution in [0.15, 0.2) is 76.8 Å². The number of amides is 1. The third kappa shape index (κ3) is 3.05. The number of rotatable bonds is 5. The zero-order valence-electron chi connectivity index (χ0n) is 13.9. The standard InChI is InChI=1S/C21H17NO2S2/c23-20(18-8-3-6-15-5-1-2-7-17(15)18)22-14-21(24,16-10-12-25-13-16)19-9-4-11-26-19/h1-13,24H,14H2,(H,22,23)/t21-/m1/s1. The topological polar surface area (TPSA) is 49.3 Å². The normalized spacial score (nSPS) is 13.4. The summed E-state index contributed by atoms with van der Waals surface area (Å²) in [5.74, 6) is -0.188. The lowest BCUT2D eigenvalue weighted by atomic mass is 9.94. The Hall–Kier alpha value is -2.47. The van der Waals surface area contributed by atoms with Crippen molar-refractivity contribution in [1.82, 2.24) is 5.32 Å². The number of nitrogens with one attached hydrogen (secondary N) is 1. The van der Waals surface area contributed by atoms with Gasteiger partial charge in [0.25, 0.3) is 5.91 Å². The van der Waals surface area contributed by atoms with E-state index in [2.05, 4.69) is 5.32 Å². The summed E-state index contributed by atoms with van der Waals surface area (Å²) in [6, 6.07) is 19.2. The van der Waals surface area contributed by atoms with Gasteiger partial charge in [-0.05, 0) is 45.1 Å². The Morgan fingerprint density at radius 2 is 1.85 bits per heavy atom. The van der Waals surface area contributed by atoms with Crippen molar-refractivity contribution in [2.75, 3.05) is 6.54 Å². The number of benzene rings is 2. The lowest BCUT2D eigenvalue weighted by Crippen LogP contribution is -2.41. The molecule has 2 aromatic carbocycles. The minimum Gasteiger partial charge on any atom is -0.378 e. The van der Waals surface area contributed by atoms with E-state index in [9.17, 15) is 9.90 Å². The third-order valence-electron chi connectivity index (χ3n) is 4.47. The van der Waals surface area contributed by atoms with Crippen LogP contribution in [-0.4, -0.2) is 17.6 Å². The van der Waals surface area contributed by atoms with Crippen molar-refractivity contribution < 1.29 is 9.90 Å². The Bertz CT molecular complexity index is 984. The van der Waals surface area contributed by atoms with Gasteiger partial charge in [0.1, 0.15) is 5.60 Å². The number of carbonyl (C=O) groups is 1. The highest BCUT2D eigenvalue weighted by Crippen LogP contribution is 2.33. The van der Waals surface area contributed by atoms with Gasteiger partial charge in [0.15, 0.2) is 0 Å². The van der Waals surface area contributed by atoms with Crippen LogP contribution in [0.5, 0.6) is 0 Å². The molecule has 2 heterocycles. The van der Waals surface area contributed by atoms with Crippen molar-refractivity contribution in [3.05, 3.63) is 92.8 Å². The molecule has 0 saturated carbocycles. The monoisotopic (exact) mass is 379 g/mol. The van der Waals surface area contributed by atoms with Gasteiger partial charge >= 0.3 is 0 Å². The smallest absolute Gasteiger partial charge is 0.252 e. The Kier molecular flexibility index (Phi) is 4.59. The number of carbonyl (C=O) groups excluding carboxylic acids is 1. The second-order valence-electron chi connectivity index (χ2n) is 6.06. The van der Waals surface area contributed by atoms with Crippen molar-refractivity contribution in [1.29, 1.82) is 0 Å². The first kappa shape index (κ1) is 17.0. The van der Waals surface area contributed by atoms with Gasteiger partial charge in [-0.15, -0.1) is 11.3 Å². The summed E-state index contributed by atoms with van der Waals surface area (Å²) in [6.45, 7) is 0.117. The van der Waals surface area contributed by atoms with Crippen LogP contribution in [0.1, 0.15) is 20.8 Å². The molecule has 4 rings (SSSR count). The molecule has 0 fully saturated rings. The summed E-state index contributed by atoms with van der Waals surface area (Å²) >= 11 is 3.01. The molecule has 0 radical (unpaired) electrons. The van der Waals surface area contributed by atoms with Crippen LogP contribution >= 0.6 is 22.7 Å². The minimum absolute atomic E-state index is 0.117. The van der Waals surface area contributed by atoms with Crippen molar-refractivity contribution in [3.8, 4) is 0 Å². The molecular formula is C21H17NO2S2. The SMILES string of the molecule is O=C(NC[C@@](O)(c1ccsc1)c1cccs1)c1cccc2ccccc12. The second-order valence-corrected chi connectivity index (χ2v) is 7.79. The predicted octanol–water partition coefficient (Wildman–Crippen LogP) is 4.63. The first-order valence-corrected chi connectivity index (χ1v) is 10.1. The molecule has 0 aliphatic rings. The number of hydrogen-bond donors (Lipinski definition) is 2. The fraction of sp³-hybridized carbons (Fsp3) is 0.0952. The van der Waals surface area contributed by atoms with Crippen LogP contribution in [-0.2, 0) is 5.60 Å². The molecule has 2 aromatic heterocycles. The van der Waals surface area contributed by atoms with Gasteiger partial charge in [0, 0.05) is 16.0 Å². The van der Waals surface area contributed by atoms with Crippen LogP contribution in [0, 0.1) is 0 Å². The van der Waals surface area contributed by atoms with Gasteiger partial charge in [-0.3, -0.25) is 4.79 Å². The molecule has 130 valence electrons. The van der Waals surface area contributed by atoms with E-state index in [0.29, 0.717) is 5.56 Å². The zero-order chi connectivity index (χ0) is 18.0. The first-order valence-electron chi connectivity index (χ1n) is 8.23. The number of aliphatic hydroxyl groups is 1. The van der Waals surface area contributed by atoms with Gasteiger partial charge in [-0.2, -0.15) is 11.3 Å². The summed E-state index contributed by atoms with van der Waals surface area (Å²) in [7, 11) is 0. The van der Waals surface area contributed by atoms with Crippen LogP contribution in [0.4, 0.5) is 0 Å². The molecule has 0 saturated heterocycles. The Balaban J connectivity index is 1.63. The first-order chi connectivity index (χ1) is 12.7. The van der Waals surface area contributed by atoms with Gasteiger partial charge in [0.05, 0.1) is 6.54 Å². The molecule has 0 aliphatic carbocycles. The molecule has 0 aliphatic heterocycles. The van der Waals surface area contributed by atoms with Gasteiger partial charge in [-0.25, -0.2) is 0 Å². The molecule has 26 heavy (non-hydrogen) atoms.